The first-order chi connectivity index (χ1) is 8.60. The van der Waals surface area contributed by atoms with Crippen LogP contribution in [0.2, 0.25) is 0 Å². The van der Waals surface area contributed by atoms with Crippen LogP contribution in [0.25, 0.3) is 0 Å². The Kier molecular flexibility index (Phi) is 4.28. The molecular formula is C16H25NO. The normalized spacial score (nSPS) is 28.1. The second-order valence-electron chi connectivity index (χ2n) is 5.68. The SMILES string of the molecule is CCC1CCC(N)C(Oc2ccc(C)cc2C)C1. The van der Waals surface area contributed by atoms with Crippen LogP contribution in [0, 0.1) is 19.8 Å². The van der Waals surface area contributed by atoms with Gasteiger partial charge in [-0.3, -0.25) is 0 Å². The maximum absolute atomic E-state index is 6.20. The summed E-state index contributed by atoms with van der Waals surface area (Å²) in [5, 5.41) is 0. The lowest BCUT2D eigenvalue weighted by Gasteiger charge is -2.34. The summed E-state index contributed by atoms with van der Waals surface area (Å²) in [4.78, 5) is 0. The average molecular weight is 247 g/mol. The van der Waals surface area contributed by atoms with Crippen LogP contribution in [-0.4, -0.2) is 12.1 Å². The first kappa shape index (κ1) is 13.4. The maximum Gasteiger partial charge on any atom is 0.122 e. The molecule has 3 unspecified atom stereocenters. The Bertz CT molecular complexity index is 402. The fourth-order valence-corrected chi connectivity index (χ4v) is 2.84. The topological polar surface area (TPSA) is 35.2 Å². The van der Waals surface area contributed by atoms with Crippen LogP contribution in [-0.2, 0) is 0 Å². The second kappa shape index (κ2) is 5.75. The van der Waals surface area contributed by atoms with Gasteiger partial charge in [0.25, 0.3) is 0 Å². The Morgan fingerprint density at radius 1 is 1.28 bits per heavy atom. The van der Waals surface area contributed by atoms with Crippen molar-refractivity contribution in [1.82, 2.24) is 0 Å². The number of benzene rings is 1. The van der Waals surface area contributed by atoms with Crippen molar-refractivity contribution in [2.24, 2.45) is 11.7 Å². The molecule has 1 saturated carbocycles. The molecule has 1 aromatic rings. The Labute approximate surface area is 111 Å². The summed E-state index contributed by atoms with van der Waals surface area (Å²) in [5.74, 6) is 1.78. The van der Waals surface area contributed by atoms with E-state index in [4.69, 9.17) is 10.5 Å². The van der Waals surface area contributed by atoms with Crippen molar-refractivity contribution < 1.29 is 4.74 Å². The van der Waals surface area contributed by atoms with Crippen LogP contribution in [0.3, 0.4) is 0 Å². The van der Waals surface area contributed by atoms with E-state index in [9.17, 15) is 0 Å². The minimum Gasteiger partial charge on any atom is -0.489 e. The Hall–Kier alpha value is -1.02. The van der Waals surface area contributed by atoms with Gasteiger partial charge in [0.1, 0.15) is 11.9 Å². The predicted molar refractivity (Wildman–Crippen MR) is 75.9 cm³/mol. The lowest BCUT2D eigenvalue weighted by atomic mass is 9.83. The van der Waals surface area contributed by atoms with E-state index in [1.54, 1.807) is 0 Å². The quantitative estimate of drug-likeness (QED) is 0.886. The van der Waals surface area contributed by atoms with E-state index in [1.807, 2.05) is 0 Å². The monoisotopic (exact) mass is 247 g/mol. The fraction of sp³-hybridized carbons (Fsp3) is 0.625. The molecule has 0 spiro atoms. The molecular weight excluding hydrogens is 222 g/mol. The summed E-state index contributed by atoms with van der Waals surface area (Å²) < 4.78 is 6.16. The lowest BCUT2D eigenvalue weighted by molar-refractivity contribution is 0.100. The van der Waals surface area contributed by atoms with Gasteiger partial charge in [0.15, 0.2) is 0 Å². The predicted octanol–water partition coefficient (Wildman–Crippen LogP) is 3.59. The molecule has 1 aromatic carbocycles. The van der Waals surface area contributed by atoms with Crippen LogP contribution >= 0.6 is 0 Å². The molecule has 0 amide bonds. The average Bonchev–Trinajstić information content (AvgIpc) is 2.35. The van der Waals surface area contributed by atoms with E-state index in [-0.39, 0.29) is 12.1 Å². The van der Waals surface area contributed by atoms with Gasteiger partial charge in [0.05, 0.1) is 0 Å². The fourth-order valence-electron chi connectivity index (χ4n) is 2.84. The van der Waals surface area contributed by atoms with Gasteiger partial charge in [-0.2, -0.15) is 0 Å². The Morgan fingerprint density at radius 2 is 2.06 bits per heavy atom. The van der Waals surface area contributed by atoms with Gasteiger partial charge in [-0.25, -0.2) is 0 Å². The van der Waals surface area contributed by atoms with Gasteiger partial charge < -0.3 is 10.5 Å². The van der Waals surface area contributed by atoms with Crippen LogP contribution in [0.15, 0.2) is 18.2 Å². The molecule has 0 aromatic heterocycles. The Morgan fingerprint density at radius 3 is 2.72 bits per heavy atom. The molecule has 1 aliphatic carbocycles. The third-order valence-corrected chi connectivity index (χ3v) is 4.14. The number of ether oxygens (including phenoxy) is 1. The number of hydrogen-bond donors (Lipinski definition) is 1. The van der Waals surface area contributed by atoms with Crippen molar-refractivity contribution in [3.05, 3.63) is 29.3 Å². The van der Waals surface area contributed by atoms with Crippen LogP contribution in [0.4, 0.5) is 0 Å². The zero-order valence-corrected chi connectivity index (χ0v) is 11.8. The smallest absolute Gasteiger partial charge is 0.122 e. The number of hydrogen-bond acceptors (Lipinski definition) is 2. The molecule has 0 radical (unpaired) electrons. The summed E-state index contributed by atoms with van der Waals surface area (Å²) in [7, 11) is 0. The summed E-state index contributed by atoms with van der Waals surface area (Å²) >= 11 is 0. The standard InChI is InChI=1S/C16H25NO/c1-4-13-6-7-14(17)16(10-13)18-15-8-5-11(2)9-12(15)3/h5,8-9,13-14,16H,4,6-7,10,17H2,1-3H3. The third-order valence-electron chi connectivity index (χ3n) is 4.14. The molecule has 1 aliphatic rings. The van der Waals surface area contributed by atoms with Gasteiger partial charge >= 0.3 is 0 Å². The van der Waals surface area contributed by atoms with Crippen molar-refractivity contribution in [2.45, 2.75) is 58.6 Å². The summed E-state index contributed by atoms with van der Waals surface area (Å²) in [6.45, 7) is 6.47. The van der Waals surface area contributed by atoms with Crippen LogP contribution < -0.4 is 10.5 Å². The molecule has 0 heterocycles. The highest BCUT2D eigenvalue weighted by Gasteiger charge is 2.29. The van der Waals surface area contributed by atoms with E-state index < -0.39 is 0 Å². The van der Waals surface area contributed by atoms with Gasteiger partial charge in [0.2, 0.25) is 0 Å². The number of aryl methyl sites for hydroxylation is 2. The molecule has 3 atom stereocenters. The van der Waals surface area contributed by atoms with Crippen molar-refractivity contribution in [3.8, 4) is 5.75 Å². The molecule has 1 fully saturated rings. The minimum atomic E-state index is 0.185. The van der Waals surface area contributed by atoms with Crippen LogP contribution in [0.1, 0.15) is 43.7 Å². The lowest BCUT2D eigenvalue weighted by Crippen LogP contribution is -2.43. The van der Waals surface area contributed by atoms with E-state index >= 15 is 0 Å². The highest BCUT2D eigenvalue weighted by atomic mass is 16.5. The maximum atomic E-state index is 6.20. The van der Waals surface area contributed by atoms with Gasteiger partial charge in [-0.1, -0.05) is 31.0 Å². The van der Waals surface area contributed by atoms with Crippen molar-refractivity contribution in [1.29, 1.82) is 0 Å². The molecule has 0 bridgehead atoms. The zero-order chi connectivity index (χ0) is 13.1. The van der Waals surface area contributed by atoms with E-state index in [2.05, 4.69) is 39.0 Å². The minimum absolute atomic E-state index is 0.185. The third kappa shape index (κ3) is 3.05. The first-order valence-corrected chi connectivity index (χ1v) is 7.09. The molecule has 2 heteroatoms. The molecule has 18 heavy (non-hydrogen) atoms. The molecule has 0 aliphatic heterocycles. The number of rotatable bonds is 3. The zero-order valence-electron chi connectivity index (χ0n) is 11.8. The first-order valence-electron chi connectivity index (χ1n) is 7.09. The molecule has 0 saturated heterocycles. The van der Waals surface area contributed by atoms with E-state index in [1.165, 1.54) is 24.0 Å². The molecule has 2 N–H and O–H groups in total. The van der Waals surface area contributed by atoms with Crippen molar-refractivity contribution in [2.75, 3.05) is 0 Å². The van der Waals surface area contributed by atoms with Gasteiger partial charge in [0, 0.05) is 6.04 Å². The molecule has 2 rings (SSSR count). The largest absolute Gasteiger partial charge is 0.489 e. The molecule has 2 nitrogen and oxygen atoms in total. The van der Waals surface area contributed by atoms with Crippen molar-refractivity contribution >= 4 is 0 Å². The highest BCUT2D eigenvalue weighted by molar-refractivity contribution is 5.35. The highest BCUT2D eigenvalue weighted by Crippen LogP contribution is 2.30. The summed E-state index contributed by atoms with van der Waals surface area (Å²) in [5.41, 5.74) is 8.68. The summed E-state index contributed by atoms with van der Waals surface area (Å²) in [6, 6.07) is 6.54. The van der Waals surface area contributed by atoms with Gasteiger partial charge in [-0.15, -0.1) is 0 Å². The Balaban J connectivity index is 2.07. The molecule has 100 valence electrons. The van der Waals surface area contributed by atoms with Gasteiger partial charge in [-0.05, 0) is 50.7 Å². The van der Waals surface area contributed by atoms with Crippen LogP contribution in [0.5, 0.6) is 5.75 Å². The van der Waals surface area contributed by atoms with Crippen molar-refractivity contribution in [3.63, 3.8) is 0 Å². The number of nitrogens with two attached hydrogens (primary N) is 1. The van der Waals surface area contributed by atoms with E-state index in [0.29, 0.717) is 0 Å². The summed E-state index contributed by atoms with van der Waals surface area (Å²) in [6.07, 6.45) is 4.87. The second-order valence-corrected chi connectivity index (χ2v) is 5.68. The van der Waals surface area contributed by atoms with E-state index in [0.717, 1.165) is 24.5 Å².